The van der Waals surface area contributed by atoms with Gasteiger partial charge in [0.15, 0.2) is 0 Å². The topological polar surface area (TPSA) is 115 Å². The number of carbonyl (C=O) groups excluding carboxylic acids is 1. The molecule has 1 aromatic carbocycles. The van der Waals surface area contributed by atoms with Crippen LogP contribution in [0.1, 0.15) is 36.4 Å². The summed E-state index contributed by atoms with van der Waals surface area (Å²) in [5.74, 6) is -0.920. The summed E-state index contributed by atoms with van der Waals surface area (Å²) in [6.45, 7) is 0. The average molecular weight is 274 g/mol. The number of anilines is 1. The van der Waals surface area contributed by atoms with Crippen LogP contribution < -0.4 is 5.32 Å². The minimum absolute atomic E-state index is 0.0441. The van der Waals surface area contributed by atoms with E-state index in [2.05, 4.69) is 15.3 Å². The van der Waals surface area contributed by atoms with Crippen LogP contribution in [0.15, 0.2) is 23.3 Å². The first-order valence-corrected chi connectivity index (χ1v) is 6.29. The number of nitrogens with zero attached hydrogens (tertiary/aromatic N) is 3. The third-order valence-electron chi connectivity index (χ3n) is 3.20. The number of carbonyl (C=O) groups is 2. The van der Waals surface area contributed by atoms with E-state index in [0.717, 1.165) is 16.8 Å². The maximum atomic E-state index is 11.3. The number of benzene rings is 1. The van der Waals surface area contributed by atoms with Gasteiger partial charge in [-0.25, -0.2) is 0 Å². The van der Waals surface area contributed by atoms with Crippen LogP contribution >= 0.6 is 0 Å². The van der Waals surface area contributed by atoms with Crippen molar-refractivity contribution in [1.82, 2.24) is 0 Å². The Morgan fingerprint density at radius 1 is 1.55 bits per heavy atom. The summed E-state index contributed by atoms with van der Waals surface area (Å²) >= 11 is 0. The van der Waals surface area contributed by atoms with Crippen molar-refractivity contribution in [3.05, 3.63) is 39.8 Å². The third kappa shape index (κ3) is 3.27. The van der Waals surface area contributed by atoms with Gasteiger partial charge in [-0.3, -0.25) is 9.59 Å². The number of hydrogen-bond donors (Lipinski definition) is 2. The van der Waals surface area contributed by atoms with E-state index in [4.69, 9.17) is 10.6 Å². The molecule has 20 heavy (non-hydrogen) atoms. The number of rotatable bonds is 6. The van der Waals surface area contributed by atoms with Gasteiger partial charge in [-0.15, -0.1) is 0 Å². The Bertz CT molecular complexity index is 593. The highest BCUT2D eigenvalue weighted by molar-refractivity contribution is 5.99. The normalized spacial score (nSPS) is 14.1. The van der Waals surface area contributed by atoms with Crippen LogP contribution in [-0.4, -0.2) is 17.0 Å². The number of carboxylic acid groups (broad SMARTS) is 1. The Morgan fingerprint density at radius 2 is 2.35 bits per heavy atom. The van der Waals surface area contributed by atoms with Crippen molar-refractivity contribution in [1.29, 1.82) is 0 Å². The van der Waals surface area contributed by atoms with E-state index in [1.165, 1.54) is 0 Å². The first-order chi connectivity index (χ1) is 9.60. The monoisotopic (exact) mass is 274 g/mol. The van der Waals surface area contributed by atoms with E-state index in [1.807, 2.05) is 6.07 Å². The third-order valence-corrected chi connectivity index (χ3v) is 3.20. The Morgan fingerprint density at radius 3 is 3.05 bits per heavy atom. The molecule has 7 heteroatoms. The SMILES string of the molecule is [N-]=[N+]=NC(CCCC(=O)O)c1ccc2c(c1)CC(=O)N2. The zero-order valence-electron chi connectivity index (χ0n) is 10.7. The molecule has 2 rings (SSSR count). The largest absolute Gasteiger partial charge is 0.481 e. The number of aliphatic carboxylic acids is 1. The van der Waals surface area contributed by atoms with E-state index in [9.17, 15) is 9.59 Å². The molecule has 104 valence electrons. The number of nitrogens with one attached hydrogen (secondary N) is 1. The van der Waals surface area contributed by atoms with Gasteiger partial charge in [-0.05, 0) is 35.6 Å². The molecule has 0 saturated carbocycles. The van der Waals surface area contributed by atoms with E-state index < -0.39 is 12.0 Å². The molecule has 0 fully saturated rings. The fraction of sp³-hybridized carbons (Fsp3) is 0.385. The second-order valence-corrected chi connectivity index (χ2v) is 4.65. The molecule has 0 aromatic heterocycles. The predicted molar refractivity (Wildman–Crippen MR) is 72.1 cm³/mol. The van der Waals surface area contributed by atoms with Crippen molar-refractivity contribution in [2.75, 3.05) is 5.32 Å². The van der Waals surface area contributed by atoms with Crippen LogP contribution in [0.5, 0.6) is 0 Å². The molecule has 1 amide bonds. The zero-order valence-corrected chi connectivity index (χ0v) is 10.7. The quantitative estimate of drug-likeness (QED) is 0.472. The standard InChI is InChI=1S/C13H14N4O3/c14-17-16-11(2-1-3-13(19)20)8-4-5-10-9(6-8)7-12(18)15-10/h4-6,11H,1-3,7H2,(H,15,18)(H,19,20). The van der Waals surface area contributed by atoms with Crippen molar-refractivity contribution >= 4 is 17.6 Å². The number of amides is 1. The maximum Gasteiger partial charge on any atom is 0.303 e. The first kappa shape index (κ1) is 13.9. The maximum absolute atomic E-state index is 11.3. The molecule has 1 aliphatic rings. The van der Waals surface area contributed by atoms with Gasteiger partial charge in [0.05, 0.1) is 12.5 Å². The molecule has 1 atom stereocenters. The molecule has 0 aliphatic carbocycles. The number of hydrogen-bond acceptors (Lipinski definition) is 3. The Kier molecular flexibility index (Phi) is 4.22. The number of fused-ring (bicyclic) bond motifs is 1. The first-order valence-electron chi connectivity index (χ1n) is 6.29. The molecule has 1 aliphatic heterocycles. The molecular weight excluding hydrogens is 260 g/mol. The smallest absolute Gasteiger partial charge is 0.303 e. The Labute approximate surface area is 115 Å². The van der Waals surface area contributed by atoms with Gasteiger partial charge in [-0.2, -0.15) is 0 Å². The molecule has 1 heterocycles. The van der Waals surface area contributed by atoms with Crippen LogP contribution in [0, 0.1) is 0 Å². The molecule has 0 spiro atoms. The van der Waals surface area contributed by atoms with E-state index in [-0.39, 0.29) is 12.3 Å². The lowest BCUT2D eigenvalue weighted by Gasteiger charge is -2.12. The second-order valence-electron chi connectivity index (χ2n) is 4.65. The predicted octanol–water partition coefficient (Wildman–Crippen LogP) is 2.79. The van der Waals surface area contributed by atoms with Crippen LogP contribution in [0.3, 0.4) is 0 Å². The van der Waals surface area contributed by atoms with Gasteiger partial charge in [0.1, 0.15) is 0 Å². The van der Waals surface area contributed by atoms with Gasteiger partial charge < -0.3 is 10.4 Å². The molecule has 0 bridgehead atoms. The summed E-state index contributed by atoms with van der Waals surface area (Å²) in [6, 6.07) is 5.02. The summed E-state index contributed by atoms with van der Waals surface area (Å²) in [6.07, 6.45) is 1.27. The second kappa shape index (κ2) is 6.08. The number of azide groups is 1. The molecule has 1 aromatic rings. The summed E-state index contributed by atoms with van der Waals surface area (Å²) in [5, 5.41) is 15.1. The highest BCUT2D eigenvalue weighted by atomic mass is 16.4. The lowest BCUT2D eigenvalue weighted by molar-refractivity contribution is -0.137. The molecular formula is C13H14N4O3. The highest BCUT2D eigenvalue weighted by Gasteiger charge is 2.19. The van der Waals surface area contributed by atoms with E-state index in [1.54, 1.807) is 12.1 Å². The van der Waals surface area contributed by atoms with E-state index in [0.29, 0.717) is 19.3 Å². The summed E-state index contributed by atoms with van der Waals surface area (Å²) in [7, 11) is 0. The zero-order chi connectivity index (χ0) is 14.5. The number of carboxylic acids is 1. The molecule has 7 nitrogen and oxygen atoms in total. The van der Waals surface area contributed by atoms with Crippen molar-refractivity contribution < 1.29 is 14.7 Å². The molecule has 1 unspecified atom stereocenters. The van der Waals surface area contributed by atoms with Crippen molar-refractivity contribution in [2.24, 2.45) is 5.11 Å². The van der Waals surface area contributed by atoms with Gasteiger partial charge in [0.2, 0.25) is 5.91 Å². The molecule has 2 N–H and O–H groups in total. The van der Waals surface area contributed by atoms with Crippen molar-refractivity contribution in [2.45, 2.75) is 31.7 Å². The van der Waals surface area contributed by atoms with Crippen LogP contribution in [0.2, 0.25) is 0 Å². The van der Waals surface area contributed by atoms with Gasteiger partial charge in [-0.1, -0.05) is 17.2 Å². The van der Waals surface area contributed by atoms with Gasteiger partial charge in [0, 0.05) is 17.0 Å². The highest BCUT2D eigenvalue weighted by Crippen LogP contribution is 2.30. The summed E-state index contributed by atoms with van der Waals surface area (Å²) < 4.78 is 0. The van der Waals surface area contributed by atoms with Crippen LogP contribution in [0.25, 0.3) is 10.4 Å². The summed E-state index contributed by atoms with van der Waals surface area (Å²) in [4.78, 5) is 24.6. The molecule has 0 radical (unpaired) electrons. The van der Waals surface area contributed by atoms with Crippen LogP contribution in [-0.2, 0) is 16.0 Å². The summed E-state index contributed by atoms with van der Waals surface area (Å²) in [5.41, 5.74) is 11.1. The minimum atomic E-state index is -0.867. The van der Waals surface area contributed by atoms with Gasteiger partial charge in [0.25, 0.3) is 0 Å². The van der Waals surface area contributed by atoms with Crippen molar-refractivity contribution in [3.63, 3.8) is 0 Å². The fourth-order valence-corrected chi connectivity index (χ4v) is 2.26. The molecule has 0 saturated heterocycles. The van der Waals surface area contributed by atoms with E-state index >= 15 is 0 Å². The lowest BCUT2D eigenvalue weighted by atomic mass is 9.99. The Balaban J connectivity index is 2.13. The fourth-order valence-electron chi connectivity index (χ4n) is 2.26. The van der Waals surface area contributed by atoms with Crippen molar-refractivity contribution in [3.8, 4) is 0 Å². The Hall–Kier alpha value is -2.53. The minimum Gasteiger partial charge on any atom is -0.481 e. The lowest BCUT2D eigenvalue weighted by Crippen LogP contribution is -2.03. The van der Waals surface area contributed by atoms with Crippen LogP contribution in [0.4, 0.5) is 5.69 Å². The van der Waals surface area contributed by atoms with Gasteiger partial charge >= 0.3 is 5.97 Å². The average Bonchev–Trinajstić information content (AvgIpc) is 2.76.